The molecule has 1 aromatic heterocycles. The van der Waals surface area contributed by atoms with Crippen LogP contribution in [0.1, 0.15) is 29.0 Å². The standard InChI is InChI=1S/C19H16F2N4O/c1-12(13-5-3-2-4-6-13)22-19(26)17-9-10-18(25-24-17)23-14-7-8-15(20)16(21)11-14/h2-12H,1H3,(H,22,26)(H,23,25). The van der Waals surface area contributed by atoms with Gasteiger partial charge >= 0.3 is 0 Å². The molecule has 0 saturated heterocycles. The summed E-state index contributed by atoms with van der Waals surface area (Å²) >= 11 is 0. The van der Waals surface area contributed by atoms with Gasteiger partial charge in [-0.2, -0.15) is 0 Å². The minimum atomic E-state index is -0.964. The fraction of sp³-hybridized carbons (Fsp3) is 0.105. The third-order valence-electron chi connectivity index (χ3n) is 3.74. The van der Waals surface area contributed by atoms with Gasteiger partial charge in [0.05, 0.1) is 6.04 Å². The van der Waals surface area contributed by atoms with E-state index in [1.54, 1.807) is 0 Å². The molecule has 0 saturated carbocycles. The van der Waals surface area contributed by atoms with E-state index in [-0.39, 0.29) is 17.6 Å². The van der Waals surface area contributed by atoms with Crippen LogP contribution in [0.3, 0.4) is 0 Å². The molecule has 0 spiro atoms. The van der Waals surface area contributed by atoms with Crippen molar-refractivity contribution in [1.29, 1.82) is 0 Å². The Morgan fingerprint density at radius 2 is 1.73 bits per heavy atom. The Kier molecular flexibility index (Phi) is 5.17. The van der Waals surface area contributed by atoms with E-state index in [1.165, 1.54) is 18.2 Å². The molecule has 0 bridgehead atoms. The molecule has 1 unspecified atom stereocenters. The molecule has 1 heterocycles. The second kappa shape index (κ2) is 7.69. The van der Waals surface area contributed by atoms with Gasteiger partial charge in [0, 0.05) is 11.8 Å². The molecule has 0 radical (unpaired) electrons. The monoisotopic (exact) mass is 354 g/mol. The highest BCUT2D eigenvalue weighted by Crippen LogP contribution is 2.17. The first-order valence-corrected chi connectivity index (χ1v) is 7.94. The Hall–Kier alpha value is -3.35. The summed E-state index contributed by atoms with van der Waals surface area (Å²) in [6.07, 6.45) is 0. The largest absolute Gasteiger partial charge is 0.344 e. The van der Waals surface area contributed by atoms with Gasteiger partial charge in [-0.15, -0.1) is 10.2 Å². The van der Waals surface area contributed by atoms with Crippen LogP contribution >= 0.6 is 0 Å². The minimum Gasteiger partial charge on any atom is -0.344 e. The molecule has 5 nitrogen and oxygen atoms in total. The average Bonchev–Trinajstić information content (AvgIpc) is 2.66. The van der Waals surface area contributed by atoms with Crippen LogP contribution in [-0.2, 0) is 0 Å². The molecule has 0 aliphatic rings. The van der Waals surface area contributed by atoms with Crippen molar-refractivity contribution in [2.75, 3.05) is 5.32 Å². The van der Waals surface area contributed by atoms with Gasteiger partial charge in [-0.1, -0.05) is 30.3 Å². The fourth-order valence-electron chi connectivity index (χ4n) is 2.34. The second-order valence-corrected chi connectivity index (χ2v) is 5.66. The van der Waals surface area contributed by atoms with Crippen molar-refractivity contribution in [2.45, 2.75) is 13.0 Å². The maximum Gasteiger partial charge on any atom is 0.272 e. The number of nitrogens with one attached hydrogen (secondary N) is 2. The number of hydrogen-bond donors (Lipinski definition) is 2. The van der Waals surface area contributed by atoms with E-state index in [9.17, 15) is 13.6 Å². The van der Waals surface area contributed by atoms with Crippen molar-refractivity contribution in [3.63, 3.8) is 0 Å². The number of hydrogen-bond acceptors (Lipinski definition) is 4. The van der Waals surface area contributed by atoms with Gasteiger partial charge in [0.1, 0.15) is 0 Å². The number of benzene rings is 2. The summed E-state index contributed by atoms with van der Waals surface area (Å²) < 4.78 is 26.1. The first-order chi connectivity index (χ1) is 12.5. The molecule has 0 aliphatic heterocycles. The number of aromatic nitrogens is 2. The predicted octanol–water partition coefficient (Wildman–Crippen LogP) is 3.99. The topological polar surface area (TPSA) is 66.9 Å². The highest BCUT2D eigenvalue weighted by molar-refractivity contribution is 5.92. The smallest absolute Gasteiger partial charge is 0.272 e. The third kappa shape index (κ3) is 4.18. The number of rotatable bonds is 5. The van der Waals surface area contributed by atoms with E-state index >= 15 is 0 Å². The number of carbonyl (C=O) groups excluding carboxylic acids is 1. The summed E-state index contributed by atoms with van der Waals surface area (Å²) in [5.74, 6) is -1.94. The minimum absolute atomic E-state index is 0.156. The summed E-state index contributed by atoms with van der Waals surface area (Å²) in [5, 5.41) is 13.4. The van der Waals surface area contributed by atoms with Gasteiger partial charge in [-0.3, -0.25) is 4.79 Å². The van der Waals surface area contributed by atoms with Crippen LogP contribution in [0, 0.1) is 11.6 Å². The van der Waals surface area contributed by atoms with Gasteiger partial charge in [-0.25, -0.2) is 8.78 Å². The summed E-state index contributed by atoms with van der Waals surface area (Å²) in [7, 11) is 0. The first-order valence-electron chi connectivity index (χ1n) is 7.94. The zero-order valence-electron chi connectivity index (χ0n) is 13.9. The van der Waals surface area contributed by atoms with Gasteiger partial charge in [0.15, 0.2) is 23.1 Å². The van der Waals surface area contributed by atoms with E-state index in [0.717, 1.165) is 17.7 Å². The van der Waals surface area contributed by atoms with Crippen molar-refractivity contribution in [1.82, 2.24) is 15.5 Å². The van der Waals surface area contributed by atoms with Gasteiger partial charge < -0.3 is 10.6 Å². The Balaban J connectivity index is 1.65. The van der Waals surface area contributed by atoms with E-state index in [0.29, 0.717) is 11.5 Å². The second-order valence-electron chi connectivity index (χ2n) is 5.66. The predicted molar refractivity (Wildman–Crippen MR) is 94.0 cm³/mol. The highest BCUT2D eigenvalue weighted by Gasteiger charge is 2.13. The summed E-state index contributed by atoms with van der Waals surface area (Å²) in [6, 6.07) is 15.8. The average molecular weight is 354 g/mol. The number of carbonyl (C=O) groups is 1. The van der Waals surface area contributed by atoms with Gasteiger partial charge in [0.2, 0.25) is 0 Å². The van der Waals surface area contributed by atoms with Crippen LogP contribution in [0.15, 0.2) is 60.7 Å². The van der Waals surface area contributed by atoms with Crippen LogP contribution in [0.2, 0.25) is 0 Å². The van der Waals surface area contributed by atoms with Crippen molar-refractivity contribution < 1.29 is 13.6 Å². The maximum atomic E-state index is 13.2. The van der Waals surface area contributed by atoms with Crippen LogP contribution in [0.4, 0.5) is 20.3 Å². The Labute approximate surface area is 149 Å². The molecule has 2 N–H and O–H groups in total. The molecule has 7 heteroatoms. The molecular formula is C19H16F2N4O. The number of halogens is 2. The van der Waals surface area contributed by atoms with Crippen LogP contribution in [-0.4, -0.2) is 16.1 Å². The quantitative estimate of drug-likeness (QED) is 0.727. The first kappa shape index (κ1) is 17.5. The number of nitrogens with zero attached hydrogens (tertiary/aromatic N) is 2. The van der Waals surface area contributed by atoms with E-state index in [1.807, 2.05) is 37.3 Å². The fourth-order valence-corrected chi connectivity index (χ4v) is 2.34. The van der Waals surface area contributed by atoms with Crippen molar-refractivity contribution in [3.8, 4) is 0 Å². The van der Waals surface area contributed by atoms with Crippen LogP contribution in [0.5, 0.6) is 0 Å². The molecule has 1 atom stereocenters. The molecule has 3 aromatic rings. The van der Waals surface area contributed by atoms with E-state index in [2.05, 4.69) is 20.8 Å². The lowest BCUT2D eigenvalue weighted by Crippen LogP contribution is -2.27. The van der Waals surface area contributed by atoms with E-state index in [4.69, 9.17) is 0 Å². The SMILES string of the molecule is CC(NC(=O)c1ccc(Nc2ccc(F)c(F)c2)nn1)c1ccccc1. The molecule has 0 aliphatic carbocycles. The Morgan fingerprint density at radius 1 is 0.962 bits per heavy atom. The molecule has 0 fully saturated rings. The molecule has 26 heavy (non-hydrogen) atoms. The molecule has 1 amide bonds. The number of anilines is 2. The molecular weight excluding hydrogens is 338 g/mol. The number of amides is 1. The molecule has 2 aromatic carbocycles. The van der Waals surface area contributed by atoms with Gasteiger partial charge in [0.25, 0.3) is 5.91 Å². The zero-order valence-corrected chi connectivity index (χ0v) is 13.9. The third-order valence-corrected chi connectivity index (χ3v) is 3.74. The van der Waals surface area contributed by atoms with Gasteiger partial charge in [-0.05, 0) is 36.8 Å². The lowest BCUT2D eigenvalue weighted by atomic mass is 10.1. The van der Waals surface area contributed by atoms with E-state index < -0.39 is 11.6 Å². The maximum absolute atomic E-state index is 13.2. The highest BCUT2D eigenvalue weighted by atomic mass is 19.2. The van der Waals surface area contributed by atoms with Crippen molar-refractivity contribution in [2.24, 2.45) is 0 Å². The molecule has 132 valence electrons. The van der Waals surface area contributed by atoms with Crippen LogP contribution < -0.4 is 10.6 Å². The lowest BCUT2D eigenvalue weighted by Gasteiger charge is -2.13. The summed E-state index contributed by atoms with van der Waals surface area (Å²) in [6.45, 7) is 1.87. The Morgan fingerprint density at radius 3 is 2.38 bits per heavy atom. The summed E-state index contributed by atoms with van der Waals surface area (Å²) in [5.41, 5.74) is 1.46. The molecule has 3 rings (SSSR count). The normalized spacial score (nSPS) is 11.7. The van der Waals surface area contributed by atoms with Crippen LogP contribution in [0.25, 0.3) is 0 Å². The Bertz CT molecular complexity index is 901. The van der Waals surface area contributed by atoms with Crippen molar-refractivity contribution in [3.05, 3.63) is 83.6 Å². The zero-order chi connectivity index (χ0) is 18.5. The lowest BCUT2D eigenvalue weighted by molar-refractivity contribution is 0.0934. The summed E-state index contributed by atoms with van der Waals surface area (Å²) in [4.78, 5) is 12.3. The van der Waals surface area contributed by atoms with Crippen molar-refractivity contribution >= 4 is 17.4 Å².